The van der Waals surface area contributed by atoms with E-state index in [1.165, 1.54) is 15.9 Å². The number of methoxy groups -OCH3 is 1. The number of halogens is 1. The van der Waals surface area contributed by atoms with Crippen LogP contribution in [-0.4, -0.2) is 37.7 Å². The highest BCUT2D eigenvalue weighted by atomic mass is 79.9. The van der Waals surface area contributed by atoms with E-state index in [0.29, 0.717) is 60.2 Å². The second-order valence-corrected chi connectivity index (χ2v) is 10.4. The van der Waals surface area contributed by atoms with Gasteiger partial charge in [-0.15, -0.1) is 0 Å². The van der Waals surface area contributed by atoms with Crippen molar-refractivity contribution in [1.29, 1.82) is 0 Å². The molecule has 39 heavy (non-hydrogen) atoms. The van der Waals surface area contributed by atoms with Crippen LogP contribution in [0.1, 0.15) is 31.0 Å². The number of hydrogen-bond donors (Lipinski definition) is 0. The van der Waals surface area contributed by atoms with E-state index in [2.05, 4.69) is 27.5 Å². The molecule has 0 saturated carbocycles. The number of aromatic nitrogens is 1. The Morgan fingerprint density at radius 2 is 2.08 bits per heavy atom. The van der Waals surface area contributed by atoms with Crippen LogP contribution in [0.15, 0.2) is 68.5 Å². The molecule has 5 rings (SSSR count). The topological polar surface area (TPSA) is 97.6 Å². The van der Waals surface area contributed by atoms with Gasteiger partial charge in [0.15, 0.2) is 27.8 Å². The van der Waals surface area contributed by atoms with Gasteiger partial charge in [0, 0.05) is 0 Å². The molecule has 0 spiro atoms. The first-order valence-electron chi connectivity index (χ1n) is 12.1. The lowest BCUT2D eigenvalue weighted by Gasteiger charge is -2.24. The van der Waals surface area contributed by atoms with Crippen molar-refractivity contribution in [3.63, 3.8) is 0 Å². The monoisotopic (exact) mass is 612 g/mol. The standard InChI is InChI=1S/C28H25BrN2O7S/c1-5-9-36-25-18(29)10-16(11-21(25)34-4)12-22-26(32)31-24(17-7-8-19-20(13-17)38-14-37-19)23(27(33)35-6-2)15(3)30-28(31)39-22/h5,7-8,10-13,24H,1,6,9,14H2,2-4H3/b22-12-/t24-/m1/s1. The molecule has 0 N–H and O–H groups in total. The van der Waals surface area contributed by atoms with Crippen LogP contribution in [0.4, 0.5) is 0 Å². The van der Waals surface area contributed by atoms with E-state index in [-0.39, 0.29) is 19.0 Å². The number of carbonyl (C=O) groups is 1. The third kappa shape index (κ3) is 4.99. The predicted molar refractivity (Wildman–Crippen MR) is 149 cm³/mol. The van der Waals surface area contributed by atoms with Crippen molar-refractivity contribution >= 4 is 39.3 Å². The lowest BCUT2D eigenvalue weighted by molar-refractivity contribution is -0.139. The molecule has 3 aromatic rings. The summed E-state index contributed by atoms with van der Waals surface area (Å²) in [5, 5.41) is 0. The van der Waals surface area contributed by atoms with E-state index in [9.17, 15) is 9.59 Å². The maximum absolute atomic E-state index is 13.9. The number of nitrogens with zero attached hydrogens (tertiary/aromatic N) is 2. The van der Waals surface area contributed by atoms with Gasteiger partial charge in [-0.1, -0.05) is 30.1 Å². The second-order valence-electron chi connectivity index (χ2n) is 8.55. The molecule has 0 bridgehead atoms. The average Bonchev–Trinajstić information content (AvgIpc) is 3.50. The Labute approximate surface area is 236 Å². The van der Waals surface area contributed by atoms with Crippen molar-refractivity contribution in [2.45, 2.75) is 19.9 Å². The van der Waals surface area contributed by atoms with Gasteiger partial charge in [0.2, 0.25) is 6.79 Å². The van der Waals surface area contributed by atoms with E-state index in [1.807, 2.05) is 12.1 Å². The largest absolute Gasteiger partial charge is 0.493 e. The van der Waals surface area contributed by atoms with Gasteiger partial charge in [0.25, 0.3) is 5.56 Å². The van der Waals surface area contributed by atoms with Gasteiger partial charge in [-0.3, -0.25) is 9.36 Å². The van der Waals surface area contributed by atoms with Crippen LogP contribution in [0.3, 0.4) is 0 Å². The number of thiazole rings is 1. The quantitative estimate of drug-likeness (QED) is 0.281. The van der Waals surface area contributed by atoms with Gasteiger partial charge < -0.3 is 23.7 Å². The Morgan fingerprint density at radius 1 is 1.28 bits per heavy atom. The molecule has 0 radical (unpaired) electrons. The number of benzene rings is 2. The minimum atomic E-state index is -0.757. The summed E-state index contributed by atoms with van der Waals surface area (Å²) in [5.74, 6) is 1.66. The van der Waals surface area contributed by atoms with E-state index >= 15 is 0 Å². The zero-order valence-electron chi connectivity index (χ0n) is 21.5. The smallest absolute Gasteiger partial charge is 0.338 e. The number of esters is 1. The summed E-state index contributed by atoms with van der Waals surface area (Å²) < 4.78 is 30.2. The van der Waals surface area contributed by atoms with Gasteiger partial charge in [-0.2, -0.15) is 0 Å². The van der Waals surface area contributed by atoms with Crippen molar-refractivity contribution in [3.8, 4) is 23.0 Å². The summed E-state index contributed by atoms with van der Waals surface area (Å²) >= 11 is 4.77. The fourth-order valence-corrected chi connectivity index (χ4v) is 6.07. The second kappa shape index (κ2) is 11.1. The van der Waals surface area contributed by atoms with Crippen LogP contribution in [0.5, 0.6) is 23.0 Å². The molecule has 2 aliphatic heterocycles. The van der Waals surface area contributed by atoms with Gasteiger partial charge in [0.05, 0.1) is 40.0 Å². The maximum Gasteiger partial charge on any atom is 0.338 e. The maximum atomic E-state index is 13.9. The molecular weight excluding hydrogens is 588 g/mol. The summed E-state index contributed by atoms with van der Waals surface area (Å²) in [6, 6.07) is 8.23. The van der Waals surface area contributed by atoms with Crippen molar-refractivity contribution in [2.24, 2.45) is 4.99 Å². The first-order valence-corrected chi connectivity index (χ1v) is 13.7. The molecule has 202 valence electrons. The molecule has 9 nitrogen and oxygen atoms in total. The van der Waals surface area contributed by atoms with Crippen molar-refractivity contribution in [1.82, 2.24) is 4.57 Å². The lowest BCUT2D eigenvalue weighted by atomic mass is 9.95. The summed E-state index contributed by atoms with van der Waals surface area (Å²) in [5.41, 5.74) is 1.88. The lowest BCUT2D eigenvalue weighted by Crippen LogP contribution is -2.39. The fourth-order valence-electron chi connectivity index (χ4n) is 4.45. The minimum absolute atomic E-state index is 0.109. The van der Waals surface area contributed by atoms with Crippen LogP contribution in [0.25, 0.3) is 6.08 Å². The zero-order valence-corrected chi connectivity index (χ0v) is 23.9. The van der Waals surface area contributed by atoms with Crippen molar-refractivity contribution in [3.05, 3.63) is 89.5 Å². The summed E-state index contributed by atoms with van der Waals surface area (Å²) in [6.45, 7) is 7.77. The Kier molecular flexibility index (Phi) is 7.62. The Bertz CT molecular complexity index is 1690. The molecule has 2 aliphatic rings. The molecule has 0 saturated heterocycles. The Balaban J connectivity index is 1.67. The molecule has 11 heteroatoms. The third-order valence-corrected chi connectivity index (χ3v) is 7.70. The van der Waals surface area contributed by atoms with Gasteiger partial charge in [0.1, 0.15) is 6.61 Å². The number of hydrogen-bond acceptors (Lipinski definition) is 9. The molecule has 3 heterocycles. The number of fused-ring (bicyclic) bond motifs is 2. The number of carbonyl (C=O) groups excluding carboxylic acids is 1. The van der Waals surface area contributed by atoms with Gasteiger partial charge in [-0.05, 0) is 71.2 Å². The molecule has 0 amide bonds. The molecule has 0 aliphatic carbocycles. The van der Waals surface area contributed by atoms with Crippen LogP contribution in [0.2, 0.25) is 0 Å². The molecule has 2 aromatic carbocycles. The first-order chi connectivity index (χ1) is 18.9. The van der Waals surface area contributed by atoms with Crippen LogP contribution in [-0.2, 0) is 9.53 Å². The Morgan fingerprint density at radius 3 is 2.82 bits per heavy atom. The normalized spacial score (nSPS) is 16.0. The van der Waals surface area contributed by atoms with E-state index < -0.39 is 12.0 Å². The van der Waals surface area contributed by atoms with Gasteiger partial charge >= 0.3 is 5.97 Å². The third-order valence-electron chi connectivity index (χ3n) is 6.12. The summed E-state index contributed by atoms with van der Waals surface area (Å²) in [7, 11) is 1.55. The number of rotatable bonds is 8. The molecule has 0 fully saturated rings. The molecular formula is C28H25BrN2O7S. The number of ether oxygens (including phenoxy) is 5. The van der Waals surface area contributed by atoms with Crippen LogP contribution < -0.4 is 33.8 Å². The van der Waals surface area contributed by atoms with Crippen molar-refractivity contribution in [2.75, 3.05) is 27.1 Å². The average molecular weight is 613 g/mol. The van der Waals surface area contributed by atoms with E-state index in [4.69, 9.17) is 23.7 Å². The first kappa shape index (κ1) is 26.8. The highest BCUT2D eigenvalue weighted by Gasteiger charge is 2.34. The summed E-state index contributed by atoms with van der Waals surface area (Å²) in [4.78, 5) is 32.1. The summed E-state index contributed by atoms with van der Waals surface area (Å²) in [6.07, 6.45) is 3.40. The fraction of sp³-hybridized carbons (Fsp3) is 0.250. The van der Waals surface area contributed by atoms with Crippen LogP contribution >= 0.6 is 27.3 Å². The number of allylic oxidation sites excluding steroid dienone is 1. The Hall–Kier alpha value is -3.83. The van der Waals surface area contributed by atoms with Gasteiger partial charge in [-0.25, -0.2) is 9.79 Å². The van der Waals surface area contributed by atoms with Crippen molar-refractivity contribution < 1.29 is 28.5 Å². The van der Waals surface area contributed by atoms with E-state index in [0.717, 1.165) is 5.56 Å². The highest BCUT2D eigenvalue weighted by Crippen LogP contribution is 2.39. The van der Waals surface area contributed by atoms with E-state index in [1.54, 1.807) is 51.3 Å². The molecule has 1 atom stereocenters. The SMILES string of the molecule is C=CCOc1c(Br)cc(/C=c2\sc3n(c2=O)[C@H](c2ccc4c(c2)OCO4)C(C(=O)OCC)=C(C)N=3)cc1OC. The highest BCUT2D eigenvalue weighted by molar-refractivity contribution is 9.10. The zero-order chi connectivity index (χ0) is 27.7. The molecule has 0 unspecified atom stereocenters. The predicted octanol–water partition coefficient (Wildman–Crippen LogP) is 3.86. The minimum Gasteiger partial charge on any atom is -0.493 e. The van der Waals surface area contributed by atoms with Crippen LogP contribution in [0, 0.1) is 0 Å². The molecule has 1 aromatic heterocycles.